The molecule has 0 bridgehead atoms. The lowest BCUT2D eigenvalue weighted by Gasteiger charge is -2.05. The molecule has 0 aliphatic rings. The monoisotopic (exact) mass is 288 g/mol. The molecule has 2 aromatic rings. The van der Waals surface area contributed by atoms with E-state index >= 15 is 0 Å². The van der Waals surface area contributed by atoms with E-state index in [1.807, 2.05) is 13.0 Å². The molecule has 0 N–H and O–H groups in total. The van der Waals surface area contributed by atoms with Crippen molar-refractivity contribution in [3.8, 4) is 0 Å². The highest BCUT2D eigenvalue weighted by Gasteiger charge is 2.16. The fourth-order valence-electron chi connectivity index (χ4n) is 1.97. The lowest BCUT2D eigenvalue weighted by molar-refractivity contribution is 0.103. The smallest absolute Gasteiger partial charge is 0.193 e. The average molecular weight is 288 g/mol. The van der Waals surface area contributed by atoms with Crippen molar-refractivity contribution in [2.24, 2.45) is 0 Å². The van der Waals surface area contributed by atoms with Crippen LogP contribution in [0, 0.1) is 0 Å². The van der Waals surface area contributed by atoms with Gasteiger partial charge >= 0.3 is 0 Å². The van der Waals surface area contributed by atoms with Crippen LogP contribution in [0.25, 0.3) is 0 Å². The number of hydrogen-bond donors (Lipinski definition) is 0. The van der Waals surface area contributed by atoms with Crippen LogP contribution in [0.4, 0.5) is 0 Å². The van der Waals surface area contributed by atoms with E-state index in [-0.39, 0.29) is 16.4 Å². The maximum Gasteiger partial charge on any atom is 0.193 e. The highest BCUT2D eigenvalue weighted by Crippen LogP contribution is 2.17. The second-order valence-electron chi connectivity index (χ2n) is 4.54. The van der Waals surface area contributed by atoms with E-state index in [9.17, 15) is 13.2 Å². The van der Waals surface area contributed by atoms with Gasteiger partial charge in [0.15, 0.2) is 15.6 Å². The van der Waals surface area contributed by atoms with E-state index in [1.165, 1.54) is 12.1 Å². The zero-order valence-electron chi connectivity index (χ0n) is 11.2. The van der Waals surface area contributed by atoms with Crippen LogP contribution in [0.1, 0.15) is 29.3 Å². The first-order valence-corrected chi connectivity index (χ1v) is 8.12. The van der Waals surface area contributed by atoms with E-state index in [1.54, 1.807) is 36.4 Å². The Morgan fingerprint density at radius 1 is 0.950 bits per heavy atom. The number of ketones is 1. The molecule has 0 aromatic heterocycles. The topological polar surface area (TPSA) is 51.2 Å². The molecule has 0 aliphatic carbocycles. The van der Waals surface area contributed by atoms with Gasteiger partial charge in [-0.2, -0.15) is 0 Å². The summed E-state index contributed by atoms with van der Waals surface area (Å²) in [4.78, 5) is 12.5. The van der Waals surface area contributed by atoms with Crippen LogP contribution in [-0.4, -0.2) is 20.0 Å². The number of carbonyl (C=O) groups is 1. The Morgan fingerprint density at radius 3 is 2.25 bits per heavy atom. The van der Waals surface area contributed by atoms with Crippen LogP contribution in [-0.2, 0) is 9.84 Å². The zero-order chi connectivity index (χ0) is 14.6. The van der Waals surface area contributed by atoms with Gasteiger partial charge in [0, 0.05) is 11.1 Å². The van der Waals surface area contributed by atoms with E-state index in [0.29, 0.717) is 17.5 Å². The van der Waals surface area contributed by atoms with Gasteiger partial charge in [-0.05, 0) is 18.6 Å². The molecule has 0 aliphatic heterocycles. The predicted molar refractivity (Wildman–Crippen MR) is 78.7 cm³/mol. The van der Waals surface area contributed by atoms with Crippen molar-refractivity contribution in [3.05, 3.63) is 65.7 Å². The van der Waals surface area contributed by atoms with Gasteiger partial charge in [0.05, 0.1) is 10.6 Å². The molecule has 0 amide bonds. The van der Waals surface area contributed by atoms with Crippen molar-refractivity contribution < 1.29 is 13.2 Å². The Hall–Kier alpha value is -1.94. The minimum atomic E-state index is -3.30. The van der Waals surface area contributed by atoms with E-state index in [4.69, 9.17) is 0 Å². The van der Waals surface area contributed by atoms with E-state index < -0.39 is 9.84 Å². The third kappa shape index (κ3) is 3.14. The van der Waals surface area contributed by atoms with Gasteiger partial charge < -0.3 is 0 Å². The summed E-state index contributed by atoms with van der Waals surface area (Å²) in [7, 11) is -3.30. The number of rotatable bonds is 5. The lowest BCUT2D eigenvalue weighted by Crippen LogP contribution is -2.08. The molecule has 20 heavy (non-hydrogen) atoms. The summed E-state index contributed by atoms with van der Waals surface area (Å²) in [5.74, 6) is -0.0742. The van der Waals surface area contributed by atoms with Crippen molar-refractivity contribution >= 4 is 15.6 Å². The Bertz CT molecular complexity index is 704. The van der Waals surface area contributed by atoms with Crippen molar-refractivity contribution in [1.29, 1.82) is 0 Å². The molecule has 0 saturated heterocycles. The average Bonchev–Trinajstić information content (AvgIpc) is 2.47. The number of sulfone groups is 1. The normalized spacial score (nSPS) is 11.2. The van der Waals surface area contributed by atoms with Crippen LogP contribution >= 0.6 is 0 Å². The fraction of sp³-hybridized carbons (Fsp3) is 0.188. The van der Waals surface area contributed by atoms with E-state index in [0.717, 1.165) is 0 Å². The minimum Gasteiger partial charge on any atom is -0.289 e. The molecule has 0 fully saturated rings. The maximum atomic E-state index is 12.3. The predicted octanol–water partition coefficient (Wildman–Crippen LogP) is 3.10. The highest BCUT2D eigenvalue weighted by molar-refractivity contribution is 7.91. The molecule has 0 radical (unpaired) electrons. The van der Waals surface area contributed by atoms with Gasteiger partial charge in [0.1, 0.15) is 0 Å². The Morgan fingerprint density at radius 2 is 1.60 bits per heavy atom. The quantitative estimate of drug-likeness (QED) is 0.794. The SMILES string of the molecule is CCCS(=O)(=O)c1cccc(C(=O)c2ccccc2)c1. The van der Waals surface area contributed by atoms with Gasteiger partial charge in [0.25, 0.3) is 0 Å². The summed E-state index contributed by atoms with van der Waals surface area (Å²) in [5.41, 5.74) is 0.950. The largest absolute Gasteiger partial charge is 0.289 e. The van der Waals surface area contributed by atoms with Gasteiger partial charge in [-0.3, -0.25) is 4.79 Å². The first kappa shape index (κ1) is 14.5. The van der Waals surface area contributed by atoms with Crippen LogP contribution < -0.4 is 0 Å². The molecule has 0 spiro atoms. The molecule has 0 atom stereocenters. The van der Waals surface area contributed by atoms with Gasteiger partial charge in [-0.1, -0.05) is 49.4 Å². The minimum absolute atomic E-state index is 0.0932. The maximum absolute atomic E-state index is 12.3. The number of hydrogen-bond acceptors (Lipinski definition) is 3. The highest BCUT2D eigenvalue weighted by atomic mass is 32.2. The van der Waals surface area contributed by atoms with Crippen molar-refractivity contribution in [2.75, 3.05) is 5.75 Å². The third-order valence-corrected chi connectivity index (χ3v) is 4.88. The second kappa shape index (κ2) is 6.01. The van der Waals surface area contributed by atoms with E-state index in [2.05, 4.69) is 0 Å². The lowest BCUT2D eigenvalue weighted by atomic mass is 10.0. The molecule has 0 unspecified atom stereocenters. The number of benzene rings is 2. The molecule has 2 aromatic carbocycles. The van der Waals surface area contributed by atoms with Crippen LogP contribution in [0.15, 0.2) is 59.5 Å². The molecule has 2 rings (SSSR count). The Labute approximate surface area is 119 Å². The van der Waals surface area contributed by atoms with Crippen molar-refractivity contribution in [1.82, 2.24) is 0 Å². The molecule has 0 heterocycles. The molecular weight excluding hydrogens is 272 g/mol. The van der Waals surface area contributed by atoms with Crippen LogP contribution in [0.3, 0.4) is 0 Å². The molecule has 3 nitrogen and oxygen atoms in total. The summed E-state index contributed by atoms with van der Waals surface area (Å²) >= 11 is 0. The fourth-order valence-corrected chi connectivity index (χ4v) is 3.34. The molecular formula is C16H16O3S. The van der Waals surface area contributed by atoms with Crippen molar-refractivity contribution in [2.45, 2.75) is 18.2 Å². The third-order valence-electron chi connectivity index (χ3n) is 2.96. The summed E-state index contributed by atoms with van der Waals surface area (Å²) < 4.78 is 24.1. The van der Waals surface area contributed by atoms with Gasteiger partial charge in [-0.25, -0.2) is 8.42 Å². The van der Waals surface area contributed by atoms with Gasteiger partial charge in [0.2, 0.25) is 0 Å². The van der Waals surface area contributed by atoms with Gasteiger partial charge in [-0.15, -0.1) is 0 Å². The summed E-state index contributed by atoms with van der Waals surface area (Å²) in [6.45, 7) is 1.82. The standard InChI is InChI=1S/C16H16O3S/c1-2-11-20(18,19)15-10-6-9-14(12-15)16(17)13-7-4-3-5-8-13/h3-10,12H,2,11H2,1H3. The molecule has 104 valence electrons. The van der Waals surface area contributed by atoms with Crippen molar-refractivity contribution in [3.63, 3.8) is 0 Å². The summed E-state index contributed by atoms with van der Waals surface area (Å²) in [6, 6.07) is 15.1. The number of carbonyl (C=O) groups excluding carboxylic acids is 1. The first-order chi connectivity index (χ1) is 9.54. The molecule has 4 heteroatoms. The summed E-state index contributed by atoms with van der Waals surface area (Å²) in [5, 5.41) is 0. The zero-order valence-corrected chi connectivity index (χ0v) is 12.1. The first-order valence-electron chi connectivity index (χ1n) is 6.47. The Balaban J connectivity index is 2.38. The van der Waals surface area contributed by atoms with Crippen LogP contribution in [0.5, 0.6) is 0 Å². The molecule has 0 saturated carbocycles. The van der Waals surface area contributed by atoms with Crippen LogP contribution in [0.2, 0.25) is 0 Å². The Kier molecular flexibility index (Phi) is 4.35. The second-order valence-corrected chi connectivity index (χ2v) is 6.65. The summed E-state index contributed by atoms with van der Waals surface area (Å²) in [6.07, 6.45) is 0.555.